The molecule has 0 radical (unpaired) electrons. The second-order valence-corrected chi connectivity index (χ2v) is 8.26. The molecule has 3 rings (SSSR count). The van der Waals surface area contributed by atoms with Crippen LogP contribution in [0.25, 0.3) is 0 Å². The maximum Gasteiger partial charge on any atom is 0.175 e. The van der Waals surface area contributed by atoms with E-state index >= 15 is 0 Å². The third-order valence-corrected chi connectivity index (χ3v) is 5.59. The van der Waals surface area contributed by atoms with Gasteiger partial charge < -0.3 is 14.8 Å². The van der Waals surface area contributed by atoms with Gasteiger partial charge >= 0.3 is 0 Å². The zero-order chi connectivity index (χ0) is 19.1. The topological polar surface area (TPSA) is 30.5 Å². The lowest BCUT2D eigenvalue weighted by molar-refractivity contribution is 0.267. The smallest absolute Gasteiger partial charge is 0.175 e. The van der Waals surface area contributed by atoms with E-state index in [0.717, 1.165) is 34.4 Å². The molecule has 1 aromatic heterocycles. The van der Waals surface area contributed by atoms with E-state index in [1.54, 1.807) is 11.3 Å². The zero-order valence-electron chi connectivity index (χ0n) is 15.0. The third-order valence-electron chi connectivity index (χ3n) is 3.87. The normalized spacial score (nSPS) is 10.8. The Morgan fingerprint density at radius 1 is 1.04 bits per heavy atom. The summed E-state index contributed by atoms with van der Waals surface area (Å²) in [7, 11) is 0. The van der Waals surface area contributed by atoms with E-state index in [9.17, 15) is 0 Å². The molecule has 3 aromatic rings. The van der Waals surface area contributed by atoms with E-state index in [1.165, 1.54) is 4.88 Å². The molecule has 0 unspecified atom stereocenters. The minimum atomic E-state index is 0.450. The molecule has 0 aliphatic heterocycles. The van der Waals surface area contributed by atoms with Crippen molar-refractivity contribution in [1.29, 1.82) is 0 Å². The van der Waals surface area contributed by atoms with Gasteiger partial charge in [-0.15, -0.1) is 11.3 Å². The highest BCUT2D eigenvalue weighted by Gasteiger charge is 2.13. The van der Waals surface area contributed by atoms with Gasteiger partial charge in [0.05, 0.1) is 11.1 Å². The van der Waals surface area contributed by atoms with E-state index in [1.807, 2.05) is 37.3 Å². The Bertz CT molecular complexity index is 853. The van der Waals surface area contributed by atoms with Gasteiger partial charge in [0.25, 0.3) is 0 Å². The first-order valence-electron chi connectivity index (χ1n) is 8.71. The molecule has 0 saturated carbocycles. The first kappa shape index (κ1) is 20.2. The van der Waals surface area contributed by atoms with Crippen LogP contribution in [0.3, 0.4) is 0 Å². The summed E-state index contributed by atoms with van der Waals surface area (Å²) in [4.78, 5) is 1.32. The molecule has 1 N–H and O–H groups in total. The lowest BCUT2D eigenvalue weighted by Crippen LogP contribution is -2.12. The predicted octanol–water partition coefficient (Wildman–Crippen LogP) is 6.43. The number of hydrogen-bond donors (Lipinski definition) is 1. The summed E-state index contributed by atoms with van der Waals surface area (Å²) in [5.74, 6) is 1.46. The number of ether oxygens (including phenoxy) is 2. The summed E-state index contributed by atoms with van der Waals surface area (Å²) in [6, 6.07) is 15.9. The van der Waals surface area contributed by atoms with Gasteiger partial charge in [-0.25, -0.2) is 0 Å². The molecule has 1 heterocycles. The fourth-order valence-corrected chi connectivity index (χ4v) is 4.01. The van der Waals surface area contributed by atoms with Crippen molar-refractivity contribution in [1.82, 2.24) is 5.32 Å². The van der Waals surface area contributed by atoms with Crippen LogP contribution >= 0.6 is 38.9 Å². The van der Waals surface area contributed by atoms with Gasteiger partial charge in [0.1, 0.15) is 6.61 Å². The Hall–Kier alpha value is -1.53. The van der Waals surface area contributed by atoms with Crippen molar-refractivity contribution in [3.8, 4) is 11.5 Å². The molecule has 0 atom stereocenters. The highest BCUT2D eigenvalue weighted by Crippen LogP contribution is 2.37. The summed E-state index contributed by atoms with van der Waals surface area (Å²) in [5, 5.41) is 6.27. The first-order chi connectivity index (χ1) is 13.2. The zero-order valence-corrected chi connectivity index (χ0v) is 18.2. The maximum atomic E-state index is 6.03. The van der Waals surface area contributed by atoms with Crippen LogP contribution in [0.4, 0.5) is 0 Å². The quantitative estimate of drug-likeness (QED) is 0.394. The highest BCUT2D eigenvalue weighted by atomic mass is 79.9. The molecule has 0 fully saturated rings. The fourth-order valence-electron chi connectivity index (χ4n) is 2.61. The second kappa shape index (κ2) is 10.1. The number of rotatable bonds is 9. The maximum absolute atomic E-state index is 6.03. The molecule has 2 aromatic carbocycles. The largest absolute Gasteiger partial charge is 0.490 e. The Balaban J connectivity index is 1.68. The van der Waals surface area contributed by atoms with Gasteiger partial charge in [0, 0.05) is 23.0 Å². The first-order valence-corrected chi connectivity index (χ1v) is 10.8. The SMILES string of the molecule is CCOc1cc(CNCc2cccs2)cc(Br)c1OCc1ccc(Cl)cc1. The number of thiophene rings is 1. The average molecular weight is 467 g/mol. The third kappa shape index (κ3) is 5.98. The minimum Gasteiger partial charge on any atom is -0.490 e. The summed E-state index contributed by atoms with van der Waals surface area (Å²) >= 11 is 11.3. The summed E-state index contributed by atoms with van der Waals surface area (Å²) < 4.78 is 12.7. The molecule has 6 heteroatoms. The summed E-state index contributed by atoms with van der Waals surface area (Å²) in [5.41, 5.74) is 2.19. The molecule has 0 spiro atoms. The predicted molar refractivity (Wildman–Crippen MR) is 116 cm³/mol. The molecule has 0 amide bonds. The van der Waals surface area contributed by atoms with Crippen LogP contribution in [0.15, 0.2) is 58.4 Å². The number of benzene rings is 2. The molecule has 0 bridgehead atoms. The van der Waals surface area contributed by atoms with Gasteiger partial charge in [-0.05, 0) is 69.7 Å². The summed E-state index contributed by atoms with van der Waals surface area (Å²) in [6.07, 6.45) is 0. The van der Waals surface area contributed by atoms with Crippen molar-refractivity contribution in [3.05, 3.63) is 79.4 Å². The molecule has 0 aliphatic rings. The molecule has 27 heavy (non-hydrogen) atoms. The van der Waals surface area contributed by atoms with E-state index in [0.29, 0.717) is 24.0 Å². The van der Waals surface area contributed by atoms with Gasteiger partial charge in [-0.3, -0.25) is 0 Å². The molecular weight excluding hydrogens is 446 g/mol. The van der Waals surface area contributed by atoms with Crippen LogP contribution in [0, 0.1) is 0 Å². The van der Waals surface area contributed by atoms with Crippen molar-refractivity contribution in [2.24, 2.45) is 0 Å². The second-order valence-electron chi connectivity index (χ2n) is 5.94. The van der Waals surface area contributed by atoms with Crippen LogP contribution in [0.2, 0.25) is 5.02 Å². The van der Waals surface area contributed by atoms with Gasteiger partial charge in [-0.2, -0.15) is 0 Å². The Morgan fingerprint density at radius 3 is 2.56 bits per heavy atom. The number of nitrogens with one attached hydrogen (secondary N) is 1. The Labute approximate surface area is 177 Å². The van der Waals surface area contributed by atoms with Crippen LogP contribution in [-0.2, 0) is 19.7 Å². The Kier molecular flexibility index (Phi) is 7.59. The van der Waals surface area contributed by atoms with Gasteiger partial charge in [0.15, 0.2) is 11.5 Å². The number of halogens is 2. The van der Waals surface area contributed by atoms with Crippen LogP contribution in [0.5, 0.6) is 11.5 Å². The van der Waals surface area contributed by atoms with E-state index in [4.69, 9.17) is 21.1 Å². The van der Waals surface area contributed by atoms with Crippen molar-refractivity contribution in [2.75, 3.05) is 6.61 Å². The van der Waals surface area contributed by atoms with E-state index in [-0.39, 0.29) is 0 Å². The van der Waals surface area contributed by atoms with E-state index in [2.05, 4.69) is 44.8 Å². The lowest BCUT2D eigenvalue weighted by Gasteiger charge is -2.16. The number of hydrogen-bond acceptors (Lipinski definition) is 4. The lowest BCUT2D eigenvalue weighted by atomic mass is 10.2. The average Bonchev–Trinajstić information content (AvgIpc) is 3.16. The molecular formula is C21H21BrClNO2S. The van der Waals surface area contributed by atoms with Crippen LogP contribution in [-0.4, -0.2) is 6.61 Å². The Morgan fingerprint density at radius 2 is 1.85 bits per heavy atom. The summed E-state index contributed by atoms with van der Waals surface area (Å²) in [6.45, 7) is 4.61. The molecule has 0 saturated heterocycles. The van der Waals surface area contributed by atoms with Crippen molar-refractivity contribution in [3.63, 3.8) is 0 Å². The minimum absolute atomic E-state index is 0.450. The van der Waals surface area contributed by atoms with Crippen molar-refractivity contribution >= 4 is 38.9 Å². The fraction of sp³-hybridized carbons (Fsp3) is 0.238. The standard InChI is InChI=1S/C21H21BrClNO2S/c1-2-25-20-11-16(12-24-13-18-4-3-9-27-18)10-19(22)21(20)26-14-15-5-7-17(23)8-6-15/h3-11,24H,2,12-14H2,1H3. The van der Waals surface area contributed by atoms with Crippen LogP contribution in [0.1, 0.15) is 22.9 Å². The van der Waals surface area contributed by atoms with Crippen molar-refractivity contribution in [2.45, 2.75) is 26.6 Å². The molecule has 3 nitrogen and oxygen atoms in total. The molecule has 142 valence electrons. The highest BCUT2D eigenvalue weighted by molar-refractivity contribution is 9.10. The van der Waals surface area contributed by atoms with Gasteiger partial charge in [0.2, 0.25) is 0 Å². The molecule has 0 aliphatic carbocycles. The van der Waals surface area contributed by atoms with Crippen molar-refractivity contribution < 1.29 is 9.47 Å². The van der Waals surface area contributed by atoms with Crippen LogP contribution < -0.4 is 14.8 Å². The van der Waals surface area contributed by atoms with E-state index < -0.39 is 0 Å². The van der Waals surface area contributed by atoms with Gasteiger partial charge in [-0.1, -0.05) is 29.8 Å². The monoisotopic (exact) mass is 465 g/mol.